The van der Waals surface area contributed by atoms with Crippen LogP contribution in [-0.4, -0.2) is 36.1 Å². The fourth-order valence-electron chi connectivity index (χ4n) is 1.59. The average molecular weight is 297 g/mol. The van der Waals surface area contributed by atoms with Crippen LogP contribution in [0.15, 0.2) is 22.9 Å². The summed E-state index contributed by atoms with van der Waals surface area (Å²) in [4.78, 5) is 19.2. The molecule has 7 heteroatoms. The van der Waals surface area contributed by atoms with Gasteiger partial charge in [-0.15, -0.1) is 22.7 Å². The maximum absolute atomic E-state index is 12.4. The van der Waals surface area contributed by atoms with Crippen LogP contribution in [0.1, 0.15) is 15.4 Å². The molecule has 0 radical (unpaired) electrons. The molecule has 0 aromatic carbocycles. The van der Waals surface area contributed by atoms with Gasteiger partial charge >= 0.3 is 0 Å². The molecule has 0 aliphatic rings. The summed E-state index contributed by atoms with van der Waals surface area (Å²) in [5.74, 6) is -0.113. The van der Waals surface area contributed by atoms with E-state index in [9.17, 15) is 4.79 Å². The zero-order valence-corrected chi connectivity index (χ0v) is 12.2. The van der Waals surface area contributed by atoms with Crippen LogP contribution in [0, 0.1) is 0 Å². The number of anilines is 1. The number of methoxy groups -OCH3 is 1. The first-order valence-corrected chi connectivity index (χ1v) is 7.48. The Balaban J connectivity index is 2.10. The van der Waals surface area contributed by atoms with E-state index in [1.807, 2.05) is 17.5 Å². The zero-order valence-electron chi connectivity index (χ0n) is 10.5. The van der Waals surface area contributed by atoms with Crippen LogP contribution in [0.25, 0.3) is 0 Å². The second kappa shape index (κ2) is 6.65. The molecule has 2 aromatic heterocycles. The fraction of sp³-hybridized carbons (Fsp3) is 0.333. The number of carbonyl (C=O) groups excluding carboxylic acids is 1. The highest BCUT2D eigenvalue weighted by Crippen LogP contribution is 2.17. The Morgan fingerprint density at radius 3 is 2.95 bits per heavy atom. The lowest BCUT2D eigenvalue weighted by Gasteiger charge is -2.20. The van der Waals surface area contributed by atoms with Crippen molar-refractivity contribution in [3.05, 3.63) is 33.5 Å². The van der Waals surface area contributed by atoms with Crippen LogP contribution >= 0.6 is 22.7 Å². The number of ether oxygens (including phenoxy) is 1. The zero-order chi connectivity index (χ0) is 13.7. The third-order valence-electron chi connectivity index (χ3n) is 2.52. The van der Waals surface area contributed by atoms with Crippen LogP contribution < -0.4 is 5.73 Å². The van der Waals surface area contributed by atoms with E-state index in [-0.39, 0.29) is 5.91 Å². The van der Waals surface area contributed by atoms with Crippen molar-refractivity contribution >= 4 is 33.7 Å². The minimum Gasteiger partial charge on any atom is -0.383 e. The summed E-state index contributed by atoms with van der Waals surface area (Å²) >= 11 is 2.90. The molecule has 0 aliphatic heterocycles. The third-order valence-corrected chi connectivity index (χ3v) is 4.06. The molecular weight excluding hydrogens is 282 g/mol. The molecule has 0 unspecified atom stereocenters. The molecule has 0 saturated carbocycles. The van der Waals surface area contributed by atoms with Crippen molar-refractivity contribution in [2.45, 2.75) is 6.54 Å². The molecule has 2 N–H and O–H groups in total. The summed E-state index contributed by atoms with van der Waals surface area (Å²) < 4.78 is 5.05. The predicted molar refractivity (Wildman–Crippen MR) is 77.5 cm³/mol. The summed E-state index contributed by atoms with van der Waals surface area (Å²) in [6, 6.07) is 3.98. The molecule has 1 amide bonds. The van der Waals surface area contributed by atoms with Crippen molar-refractivity contribution in [2.75, 3.05) is 26.0 Å². The van der Waals surface area contributed by atoms with Gasteiger partial charge < -0.3 is 15.4 Å². The number of nitrogen functional groups attached to an aromatic ring is 1. The Morgan fingerprint density at radius 2 is 2.37 bits per heavy atom. The quantitative estimate of drug-likeness (QED) is 0.886. The highest BCUT2D eigenvalue weighted by Gasteiger charge is 2.18. The number of nitrogens with two attached hydrogens (primary N) is 1. The number of thiophene rings is 1. The number of hydrogen-bond donors (Lipinski definition) is 1. The van der Waals surface area contributed by atoms with Gasteiger partial charge in [0.2, 0.25) is 0 Å². The number of thiazole rings is 1. The standard InChI is InChI=1S/C12H15N3O2S2/c1-17-5-4-15(7-9-3-2-6-18-9)11(16)10-8-19-12(13)14-10/h2-3,6,8H,4-5,7H2,1H3,(H2,13,14). The lowest BCUT2D eigenvalue weighted by Crippen LogP contribution is -2.33. The first-order valence-electron chi connectivity index (χ1n) is 5.72. The first-order chi connectivity index (χ1) is 9.20. The number of aromatic nitrogens is 1. The van der Waals surface area contributed by atoms with Gasteiger partial charge in [-0.3, -0.25) is 4.79 Å². The van der Waals surface area contributed by atoms with Gasteiger partial charge in [0, 0.05) is 23.9 Å². The highest BCUT2D eigenvalue weighted by atomic mass is 32.1. The lowest BCUT2D eigenvalue weighted by atomic mass is 10.3. The van der Waals surface area contributed by atoms with Crippen molar-refractivity contribution in [2.24, 2.45) is 0 Å². The minimum absolute atomic E-state index is 0.113. The van der Waals surface area contributed by atoms with Crippen LogP contribution in [-0.2, 0) is 11.3 Å². The third kappa shape index (κ3) is 3.76. The van der Waals surface area contributed by atoms with Gasteiger partial charge in [0.25, 0.3) is 5.91 Å². The second-order valence-electron chi connectivity index (χ2n) is 3.87. The summed E-state index contributed by atoms with van der Waals surface area (Å²) in [5, 5.41) is 4.09. The molecule has 0 fully saturated rings. The Morgan fingerprint density at radius 1 is 1.53 bits per heavy atom. The SMILES string of the molecule is COCCN(Cc1cccs1)C(=O)c1csc(N)n1. The highest BCUT2D eigenvalue weighted by molar-refractivity contribution is 7.13. The molecule has 0 atom stereocenters. The Kier molecular flexibility index (Phi) is 4.89. The van der Waals surface area contributed by atoms with Gasteiger partial charge in [0.1, 0.15) is 5.69 Å². The van der Waals surface area contributed by atoms with E-state index in [1.54, 1.807) is 28.7 Å². The molecule has 2 aromatic rings. The van der Waals surface area contributed by atoms with Crippen molar-refractivity contribution in [3.8, 4) is 0 Å². The smallest absolute Gasteiger partial charge is 0.273 e. The van der Waals surface area contributed by atoms with E-state index in [0.29, 0.717) is 30.5 Å². The minimum atomic E-state index is -0.113. The topological polar surface area (TPSA) is 68.5 Å². The van der Waals surface area contributed by atoms with E-state index in [4.69, 9.17) is 10.5 Å². The van der Waals surface area contributed by atoms with Gasteiger partial charge in [-0.25, -0.2) is 4.98 Å². The van der Waals surface area contributed by atoms with E-state index in [2.05, 4.69) is 4.98 Å². The molecule has 19 heavy (non-hydrogen) atoms. The normalized spacial score (nSPS) is 10.6. The number of amides is 1. The van der Waals surface area contributed by atoms with E-state index in [1.165, 1.54) is 11.3 Å². The summed E-state index contributed by atoms with van der Waals surface area (Å²) in [5.41, 5.74) is 5.97. The van der Waals surface area contributed by atoms with Gasteiger partial charge in [0.05, 0.1) is 13.2 Å². The fourth-order valence-corrected chi connectivity index (χ4v) is 2.85. The number of hydrogen-bond acceptors (Lipinski definition) is 6. The molecule has 0 saturated heterocycles. The molecule has 0 aliphatic carbocycles. The summed E-state index contributed by atoms with van der Waals surface area (Å²) in [7, 11) is 1.62. The molecule has 5 nitrogen and oxygen atoms in total. The van der Waals surface area contributed by atoms with Gasteiger partial charge in [0.15, 0.2) is 5.13 Å². The van der Waals surface area contributed by atoms with E-state index >= 15 is 0 Å². The van der Waals surface area contributed by atoms with Crippen LogP contribution in [0.4, 0.5) is 5.13 Å². The molecule has 2 rings (SSSR count). The van der Waals surface area contributed by atoms with Crippen molar-refractivity contribution in [3.63, 3.8) is 0 Å². The Bertz CT molecular complexity index is 525. The van der Waals surface area contributed by atoms with Gasteiger partial charge in [-0.2, -0.15) is 0 Å². The van der Waals surface area contributed by atoms with Crippen LogP contribution in [0.5, 0.6) is 0 Å². The number of nitrogens with zero attached hydrogens (tertiary/aromatic N) is 2. The van der Waals surface area contributed by atoms with Crippen molar-refractivity contribution < 1.29 is 9.53 Å². The van der Waals surface area contributed by atoms with E-state index < -0.39 is 0 Å². The maximum Gasteiger partial charge on any atom is 0.273 e. The average Bonchev–Trinajstić information content (AvgIpc) is 3.05. The Hall–Kier alpha value is -1.44. The van der Waals surface area contributed by atoms with Gasteiger partial charge in [-0.1, -0.05) is 6.07 Å². The molecule has 0 bridgehead atoms. The second-order valence-corrected chi connectivity index (χ2v) is 5.79. The number of rotatable bonds is 6. The van der Waals surface area contributed by atoms with Crippen LogP contribution in [0.2, 0.25) is 0 Å². The predicted octanol–water partition coefficient (Wildman–Crippen LogP) is 2.08. The molecule has 102 valence electrons. The lowest BCUT2D eigenvalue weighted by molar-refractivity contribution is 0.0677. The monoisotopic (exact) mass is 297 g/mol. The summed E-state index contributed by atoms with van der Waals surface area (Å²) in [6.45, 7) is 1.60. The van der Waals surface area contributed by atoms with Gasteiger partial charge in [-0.05, 0) is 11.4 Å². The largest absolute Gasteiger partial charge is 0.383 e. The van der Waals surface area contributed by atoms with Crippen LogP contribution in [0.3, 0.4) is 0 Å². The molecular formula is C12H15N3O2S2. The Labute approximate surface area is 119 Å². The van der Waals surface area contributed by atoms with Crippen molar-refractivity contribution in [1.82, 2.24) is 9.88 Å². The first kappa shape index (κ1) is 14.0. The summed E-state index contributed by atoms with van der Waals surface area (Å²) in [6.07, 6.45) is 0. The molecule has 2 heterocycles. The van der Waals surface area contributed by atoms with Crippen molar-refractivity contribution in [1.29, 1.82) is 0 Å². The maximum atomic E-state index is 12.4. The molecule has 0 spiro atoms. The number of carbonyl (C=O) groups is 1. The van der Waals surface area contributed by atoms with E-state index in [0.717, 1.165) is 4.88 Å².